The monoisotopic (exact) mass is 169 g/mol. The minimum Gasteiger partial charge on any atom is -0.378 e. The molecule has 68 valence electrons. The normalized spacial score (nSPS) is 29.9. The predicted molar refractivity (Wildman–Crippen MR) is 47.3 cm³/mol. The van der Waals surface area contributed by atoms with Gasteiger partial charge in [0.2, 0.25) is 0 Å². The molecule has 0 spiro atoms. The van der Waals surface area contributed by atoms with Crippen LogP contribution in [0.2, 0.25) is 0 Å². The molecule has 0 aliphatic carbocycles. The summed E-state index contributed by atoms with van der Waals surface area (Å²) in [6.45, 7) is 6.66. The first-order valence-corrected chi connectivity index (χ1v) is 4.50. The van der Waals surface area contributed by atoms with Crippen molar-refractivity contribution in [2.45, 2.75) is 13.0 Å². The van der Waals surface area contributed by atoms with Gasteiger partial charge >= 0.3 is 0 Å². The van der Waals surface area contributed by atoms with Crippen molar-refractivity contribution in [3.05, 3.63) is 0 Å². The molecular formula is C8H15N3O. The highest BCUT2D eigenvalue weighted by Crippen LogP contribution is 2.02. The molecular weight excluding hydrogens is 154 g/mol. The molecule has 2 rings (SSSR count). The number of nitrogens with one attached hydrogen (secondary N) is 1. The number of nitrogens with zero attached hydrogens (tertiary/aromatic N) is 2. The molecule has 0 saturated carbocycles. The maximum Gasteiger partial charge on any atom is 0.194 e. The Balaban J connectivity index is 1.91. The average molecular weight is 169 g/mol. The van der Waals surface area contributed by atoms with Crippen LogP contribution in [0.3, 0.4) is 0 Å². The molecule has 0 bridgehead atoms. The number of aliphatic imine (C=N–C) groups is 1. The van der Waals surface area contributed by atoms with Gasteiger partial charge in [0.05, 0.1) is 19.8 Å². The summed E-state index contributed by atoms with van der Waals surface area (Å²) in [6.07, 6.45) is 0. The van der Waals surface area contributed by atoms with E-state index >= 15 is 0 Å². The fourth-order valence-corrected chi connectivity index (χ4v) is 1.50. The first-order chi connectivity index (χ1) is 5.86. The van der Waals surface area contributed by atoms with Crippen LogP contribution in [-0.4, -0.2) is 49.7 Å². The van der Waals surface area contributed by atoms with Crippen molar-refractivity contribution in [1.29, 1.82) is 0 Å². The molecule has 1 fully saturated rings. The zero-order chi connectivity index (χ0) is 8.39. The van der Waals surface area contributed by atoms with Crippen molar-refractivity contribution in [2.24, 2.45) is 4.99 Å². The lowest BCUT2D eigenvalue weighted by atomic mass is 10.4. The first kappa shape index (κ1) is 7.86. The van der Waals surface area contributed by atoms with Gasteiger partial charge < -0.3 is 15.0 Å². The van der Waals surface area contributed by atoms with Gasteiger partial charge in [0.1, 0.15) is 0 Å². The van der Waals surface area contributed by atoms with Gasteiger partial charge in [-0.15, -0.1) is 0 Å². The van der Waals surface area contributed by atoms with E-state index in [-0.39, 0.29) is 0 Å². The SMILES string of the molecule is CC1CN=C(N2CCOCC2)N1. The Bertz CT molecular complexity index is 187. The van der Waals surface area contributed by atoms with Gasteiger partial charge in [-0.05, 0) is 6.92 Å². The minimum absolute atomic E-state index is 0.503. The molecule has 0 aromatic rings. The van der Waals surface area contributed by atoms with Crippen LogP contribution in [0.25, 0.3) is 0 Å². The average Bonchev–Trinajstić information content (AvgIpc) is 2.54. The van der Waals surface area contributed by atoms with Gasteiger partial charge in [-0.3, -0.25) is 4.99 Å². The fraction of sp³-hybridized carbons (Fsp3) is 0.875. The van der Waals surface area contributed by atoms with Gasteiger partial charge in [0, 0.05) is 19.1 Å². The van der Waals surface area contributed by atoms with Crippen LogP contribution < -0.4 is 5.32 Å². The molecule has 2 aliphatic rings. The molecule has 0 aromatic heterocycles. The third kappa shape index (κ3) is 1.53. The van der Waals surface area contributed by atoms with Crippen molar-refractivity contribution in [2.75, 3.05) is 32.8 Å². The van der Waals surface area contributed by atoms with Crippen molar-refractivity contribution >= 4 is 5.96 Å². The highest BCUT2D eigenvalue weighted by molar-refractivity contribution is 5.81. The van der Waals surface area contributed by atoms with Crippen molar-refractivity contribution in [1.82, 2.24) is 10.2 Å². The van der Waals surface area contributed by atoms with Crippen LogP contribution >= 0.6 is 0 Å². The summed E-state index contributed by atoms with van der Waals surface area (Å²) in [7, 11) is 0. The third-order valence-electron chi connectivity index (χ3n) is 2.20. The summed E-state index contributed by atoms with van der Waals surface area (Å²) in [4.78, 5) is 6.67. The summed E-state index contributed by atoms with van der Waals surface area (Å²) in [5.74, 6) is 1.06. The third-order valence-corrected chi connectivity index (χ3v) is 2.20. The Morgan fingerprint density at radius 1 is 1.50 bits per heavy atom. The summed E-state index contributed by atoms with van der Waals surface area (Å²) in [6, 6.07) is 0.503. The zero-order valence-corrected chi connectivity index (χ0v) is 7.42. The maximum atomic E-state index is 5.26. The van der Waals surface area contributed by atoms with Crippen LogP contribution in [0, 0.1) is 0 Å². The Morgan fingerprint density at radius 2 is 2.25 bits per heavy atom. The van der Waals surface area contributed by atoms with E-state index < -0.39 is 0 Å². The molecule has 4 nitrogen and oxygen atoms in total. The van der Waals surface area contributed by atoms with Gasteiger partial charge in [0.15, 0.2) is 5.96 Å². The van der Waals surface area contributed by atoms with E-state index in [0.29, 0.717) is 6.04 Å². The Kier molecular flexibility index (Phi) is 2.17. The zero-order valence-electron chi connectivity index (χ0n) is 7.42. The number of ether oxygens (including phenoxy) is 1. The summed E-state index contributed by atoms with van der Waals surface area (Å²) >= 11 is 0. The topological polar surface area (TPSA) is 36.9 Å². The van der Waals surface area contributed by atoms with E-state index in [1.54, 1.807) is 0 Å². The molecule has 1 saturated heterocycles. The lowest BCUT2D eigenvalue weighted by Gasteiger charge is -2.28. The standard InChI is InChI=1S/C8H15N3O/c1-7-6-9-8(10-7)11-2-4-12-5-3-11/h7H,2-6H2,1H3,(H,9,10). The van der Waals surface area contributed by atoms with E-state index in [2.05, 4.69) is 22.1 Å². The van der Waals surface area contributed by atoms with Crippen LogP contribution in [0.15, 0.2) is 4.99 Å². The largest absolute Gasteiger partial charge is 0.378 e. The van der Waals surface area contributed by atoms with Crippen LogP contribution in [-0.2, 0) is 4.74 Å². The summed E-state index contributed by atoms with van der Waals surface area (Å²) in [5.41, 5.74) is 0. The molecule has 0 aromatic carbocycles. The van der Waals surface area contributed by atoms with Crippen LogP contribution in [0.4, 0.5) is 0 Å². The second-order valence-corrected chi connectivity index (χ2v) is 3.31. The summed E-state index contributed by atoms with van der Waals surface area (Å²) < 4.78 is 5.26. The Morgan fingerprint density at radius 3 is 2.83 bits per heavy atom. The van der Waals surface area contributed by atoms with Gasteiger partial charge in [0.25, 0.3) is 0 Å². The molecule has 0 amide bonds. The molecule has 0 radical (unpaired) electrons. The minimum atomic E-state index is 0.503. The Hall–Kier alpha value is -0.770. The highest BCUT2D eigenvalue weighted by Gasteiger charge is 2.20. The molecule has 1 unspecified atom stereocenters. The second-order valence-electron chi connectivity index (χ2n) is 3.31. The van der Waals surface area contributed by atoms with Crippen molar-refractivity contribution < 1.29 is 4.74 Å². The molecule has 1 atom stereocenters. The number of rotatable bonds is 0. The summed E-state index contributed by atoms with van der Waals surface area (Å²) in [5, 5.41) is 3.34. The van der Waals surface area contributed by atoms with Crippen molar-refractivity contribution in [3.63, 3.8) is 0 Å². The van der Waals surface area contributed by atoms with E-state index in [1.807, 2.05) is 0 Å². The smallest absolute Gasteiger partial charge is 0.194 e. The number of hydrogen-bond acceptors (Lipinski definition) is 4. The number of morpholine rings is 1. The lowest BCUT2D eigenvalue weighted by Crippen LogP contribution is -2.46. The van der Waals surface area contributed by atoms with Crippen LogP contribution in [0.1, 0.15) is 6.92 Å². The van der Waals surface area contributed by atoms with E-state index in [1.165, 1.54) is 0 Å². The number of hydrogen-bond donors (Lipinski definition) is 1. The predicted octanol–water partition coefficient (Wildman–Crippen LogP) is -0.334. The van der Waals surface area contributed by atoms with E-state index in [9.17, 15) is 0 Å². The molecule has 12 heavy (non-hydrogen) atoms. The first-order valence-electron chi connectivity index (χ1n) is 4.50. The lowest BCUT2D eigenvalue weighted by molar-refractivity contribution is 0.0668. The van der Waals surface area contributed by atoms with Gasteiger partial charge in [-0.25, -0.2) is 0 Å². The van der Waals surface area contributed by atoms with Crippen molar-refractivity contribution in [3.8, 4) is 0 Å². The van der Waals surface area contributed by atoms with Crippen LogP contribution in [0.5, 0.6) is 0 Å². The quantitative estimate of drug-likeness (QED) is 0.539. The van der Waals surface area contributed by atoms with E-state index in [4.69, 9.17) is 4.74 Å². The maximum absolute atomic E-state index is 5.26. The highest BCUT2D eigenvalue weighted by atomic mass is 16.5. The number of guanidine groups is 1. The second kappa shape index (κ2) is 3.31. The Labute approximate surface area is 72.6 Å². The fourth-order valence-electron chi connectivity index (χ4n) is 1.50. The molecule has 2 aliphatic heterocycles. The van der Waals surface area contributed by atoms with E-state index in [0.717, 1.165) is 38.8 Å². The van der Waals surface area contributed by atoms with Gasteiger partial charge in [-0.1, -0.05) is 0 Å². The molecule has 4 heteroatoms. The molecule has 2 heterocycles. The molecule has 1 N–H and O–H groups in total. The van der Waals surface area contributed by atoms with Gasteiger partial charge in [-0.2, -0.15) is 0 Å².